The second-order valence-electron chi connectivity index (χ2n) is 7.78. The predicted octanol–water partition coefficient (Wildman–Crippen LogP) is 4.94. The number of carbonyl (C=O) groups excluding carboxylic acids is 2. The fraction of sp³-hybridized carbons (Fsp3) is 0.231. The molecule has 0 aliphatic heterocycles. The Bertz CT molecular complexity index is 1290. The van der Waals surface area contributed by atoms with Crippen molar-refractivity contribution in [2.75, 3.05) is 17.2 Å². The molecule has 0 aliphatic carbocycles. The van der Waals surface area contributed by atoms with Gasteiger partial charge in [0.05, 0.1) is 24.5 Å². The summed E-state index contributed by atoms with van der Waals surface area (Å²) in [5.41, 5.74) is 1.24. The summed E-state index contributed by atoms with van der Waals surface area (Å²) in [6.07, 6.45) is 0.278. The van der Waals surface area contributed by atoms with E-state index in [1.54, 1.807) is 68.4 Å². The number of methoxy groups -OCH3 is 1. The van der Waals surface area contributed by atoms with Crippen LogP contribution in [0.3, 0.4) is 0 Å². The molecule has 1 unspecified atom stereocenters. The molecule has 178 valence electrons. The number of rotatable bonds is 9. The molecule has 0 aromatic heterocycles. The topological polar surface area (TPSA) is 80.8 Å². The van der Waals surface area contributed by atoms with Gasteiger partial charge in [0.2, 0.25) is 15.9 Å². The number of hydrogen-bond donors (Lipinski definition) is 0. The fourth-order valence-corrected chi connectivity index (χ4v) is 5.15. The van der Waals surface area contributed by atoms with Crippen LogP contribution in [0.25, 0.3) is 0 Å². The molecular weight excluding hydrogens is 457 g/mol. The fourth-order valence-electron chi connectivity index (χ4n) is 3.58. The maximum absolute atomic E-state index is 14.4. The van der Waals surface area contributed by atoms with E-state index >= 15 is 0 Å². The number of benzene rings is 3. The molecule has 0 aliphatic rings. The van der Waals surface area contributed by atoms with Crippen LogP contribution in [0.2, 0.25) is 0 Å². The first-order valence-electron chi connectivity index (χ1n) is 10.8. The lowest BCUT2D eigenvalue weighted by molar-refractivity contribution is -0.118. The van der Waals surface area contributed by atoms with Crippen molar-refractivity contribution in [2.45, 2.75) is 26.2 Å². The third kappa shape index (κ3) is 5.34. The molecule has 0 fully saturated rings. The van der Waals surface area contributed by atoms with E-state index in [1.807, 2.05) is 0 Å². The Balaban J connectivity index is 2.00. The maximum atomic E-state index is 14.4. The Hall–Kier alpha value is -3.52. The van der Waals surface area contributed by atoms with Crippen molar-refractivity contribution >= 4 is 27.4 Å². The molecule has 0 radical (unpaired) electrons. The van der Waals surface area contributed by atoms with Crippen LogP contribution in [0.4, 0.5) is 10.1 Å². The molecule has 0 saturated heterocycles. The van der Waals surface area contributed by atoms with Crippen LogP contribution < -0.4 is 9.04 Å². The Morgan fingerprint density at radius 2 is 1.65 bits per heavy atom. The molecule has 1 atom stereocenters. The van der Waals surface area contributed by atoms with Gasteiger partial charge in [-0.25, -0.2) is 17.1 Å². The van der Waals surface area contributed by atoms with E-state index in [0.717, 1.165) is 6.07 Å². The van der Waals surface area contributed by atoms with E-state index in [0.29, 0.717) is 21.0 Å². The maximum Gasteiger partial charge on any atom is 0.247 e. The van der Waals surface area contributed by atoms with Gasteiger partial charge in [0.15, 0.2) is 17.3 Å². The first-order valence-corrected chi connectivity index (χ1v) is 12.4. The summed E-state index contributed by atoms with van der Waals surface area (Å²) in [6.45, 7) is 3.24. The van der Waals surface area contributed by atoms with Crippen molar-refractivity contribution in [1.29, 1.82) is 0 Å². The van der Waals surface area contributed by atoms with E-state index in [2.05, 4.69) is 0 Å². The standard InChI is InChI=1S/C26H26FNO5S/c1-4-15-34(31,32)28(22-13-14-24(33-3)23(27)17-22)26(30)18(2)20-11-8-12-21(16-20)25(29)19-9-6-5-7-10-19/h5-14,16-18H,4,15H2,1-3H3. The second kappa shape index (κ2) is 10.6. The van der Waals surface area contributed by atoms with E-state index in [1.165, 1.54) is 19.2 Å². The highest BCUT2D eigenvalue weighted by Gasteiger charge is 2.33. The quantitative estimate of drug-likeness (QED) is 0.403. The van der Waals surface area contributed by atoms with Crippen molar-refractivity contribution < 1.29 is 27.1 Å². The SMILES string of the molecule is CCCS(=O)(=O)N(C(=O)C(C)c1cccc(C(=O)c2ccccc2)c1)c1ccc(OC)c(F)c1. The zero-order valence-electron chi connectivity index (χ0n) is 19.2. The lowest BCUT2D eigenvalue weighted by Gasteiger charge is -2.26. The van der Waals surface area contributed by atoms with Crippen molar-refractivity contribution in [3.05, 3.63) is 95.3 Å². The van der Waals surface area contributed by atoms with Gasteiger partial charge in [-0.3, -0.25) is 9.59 Å². The highest BCUT2D eigenvalue weighted by atomic mass is 32.2. The molecule has 0 spiro atoms. The smallest absolute Gasteiger partial charge is 0.247 e. The molecule has 0 bridgehead atoms. The zero-order valence-corrected chi connectivity index (χ0v) is 20.0. The minimum atomic E-state index is -4.07. The van der Waals surface area contributed by atoms with Crippen molar-refractivity contribution in [3.63, 3.8) is 0 Å². The van der Waals surface area contributed by atoms with Gasteiger partial charge in [0, 0.05) is 17.2 Å². The van der Waals surface area contributed by atoms with Crippen LogP contribution in [0.15, 0.2) is 72.8 Å². The summed E-state index contributed by atoms with van der Waals surface area (Å²) < 4.78 is 46.0. The molecule has 8 heteroatoms. The van der Waals surface area contributed by atoms with E-state index in [-0.39, 0.29) is 29.4 Å². The molecule has 1 amide bonds. The molecule has 0 saturated carbocycles. The minimum Gasteiger partial charge on any atom is -0.494 e. The third-order valence-corrected chi connectivity index (χ3v) is 7.24. The molecule has 3 rings (SSSR count). The summed E-state index contributed by atoms with van der Waals surface area (Å²) >= 11 is 0. The lowest BCUT2D eigenvalue weighted by atomic mass is 9.95. The molecule has 0 heterocycles. The normalized spacial score (nSPS) is 12.1. The number of anilines is 1. The zero-order chi connectivity index (χ0) is 24.9. The van der Waals surface area contributed by atoms with Gasteiger partial charge in [0.25, 0.3) is 0 Å². The largest absolute Gasteiger partial charge is 0.494 e. The predicted molar refractivity (Wildman–Crippen MR) is 129 cm³/mol. The highest BCUT2D eigenvalue weighted by Crippen LogP contribution is 2.30. The van der Waals surface area contributed by atoms with Crippen LogP contribution in [0, 0.1) is 5.82 Å². The van der Waals surface area contributed by atoms with Gasteiger partial charge in [-0.1, -0.05) is 55.5 Å². The Morgan fingerprint density at radius 1 is 0.971 bits per heavy atom. The molecule has 3 aromatic rings. The van der Waals surface area contributed by atoms with Gasteiger partial charge in [-0.05, 0) is 37.1 Å². The van der Waals surface area contributed by atoms with Crippen LogP contribution >= 0.6 is 0 Å². The van der Waals surface area contributed by atoms with E-state index < -0.39 is 27.7 Å². The lowest BCUT2D eigenvalue weighted by Crippen LogP contribution is -2.41. The molecule has 6 nitrogen and oxygen atoms in total. The van der Waals surface area contributed by atoms with E-state index in [4.69, 9.17) is 4.74 Å². The Morgan fingerprint density at radius 3 is 2.26 bits per heavy atom. The molecular formula is C26H26FNO5S. The van der Waals surface area contributed by atoms with Crippen molar-refractivity contribution in [1.82, 2.24) is 0 Å². The van der Waals surface area contributed by atoms with Crippen molar-refractivity contribution in [2.24, 2.45) is 0 Å². The minimum absolute atomic E-state index is 0.0655. The molecule has 0 N–H and O–H groups in total. The van der Waals surface area contributed by atoms with Gasteiger partial charge in [0.1, 0.15) is 0 Å². The second-order valence-corrected chi connectivity index (χ2v) is 9.72. The number of halogens is 1. The number of amides is 1. The van der Waals surface area contributed by atoms with E-state index in [9.17, 15) is 22.4 Å². The number of ketones is 1. The average molecular weight is 484 g/mol. The van der Waals surface area contributed by atoms with Crippen LogP contribution in [-0.4, -0.2) is 33.0 Å². The van der Waals surface area contributed by atoms with Gasteiger partial charge in [-0.15, -0.1) is 0 Å². The number of hydrogen-bond acceptors (Lipinski definition) is 5. The number of sulfonamides is 1. The first kappa shape index (κ1) is 25.1. The molecule has 34 heavy (non-hydrogen) atoms. The summed E-state index contributed by atoms with van der Waals surface area (Å²) in [5.74, 6) is -3.01. The third-order valence-electron chi connectivity index (χ3n) is 5.37. The number of nitrogens with zero attached hydrogens (tertiary/aromatic N) is 1. The summed E-state index contributed by atoms with van der Waals surface area (Å²) in [6, 6.07) is 18.8. The number of ether oxygens (including phenoxy) is 1. The highest BCUT2D eigenvalue weighted by molar-refractivity contribution is 7.93. The first-order chi connectivity index (χ1) is 16.2. The van der Waals surface area contributed by atoms with Crippen molar-refractivity contribution in [3.8, 4) is 5.75 Å². The Labute approximate surface area is 199 Å². The van der Waals surface area contributed by atoms with Crippen LogP contribution in [0.1, 0.15) is 47.7 Å². The summed E-state index contributed by atoms with van der Waals surface area (Å²) in [4.78, 5) is 26.3. The van der Waals surface area contributed by atoms with Gasteiger partial charge < -0.3 is 4.74 Å². The van der Waals surface area contributed by atoms with Crippen LogP contribution in [0.5, 0.6) is 5.75 Å². The molecule has 3 aromatic carbocycles. The Kier molecular flexibility index (Phi) is 7.83. The van der Waals surface area contributed by atoms with Gasteiger partial charge in [-0.2, -0.15) is 0 Å². The average Bonchev–Trinajstić information content (AvgIpc) is 2.83. The number of carbonyl (C=O) groups is 2. The van der Waals surface area contributed by atoms with Gasteiger partial charge >= 0.3 is 0 Å². The monoisotopic (exact) mass is 483 g/mol. The summed E-state index contributed by atoms with van der Waals surface area (Å²) in [7, 11) is -2.78. The van der Waals surface area contributed by atoms with Crippen LogP contribution in [-0.2, 0) is 14.8 Å². The summed E-state index contributed by atoms with van der Waals surface area (Å²) in [5, 5.41) is 0.